The van der Waals surface area contributed by atoms with E-state index in [0.717, 1.165) is 12.8 Å². The Morgan fingerprint density at radius 3 is 2.52 bits per heavy atom. The zero-order chi connectivity index (χ0) is 22.7. The number of carbonyl (C=O) groups is 3. The van der Waals surface area contributed by atoms with Crippen molar-refractivity contribution in [2.45, 2.75) is 45.8 Å². The summed E-state index contributed by atoms with van der Waals surface area (Å²) < 4.78 is 11.8. The molecule has 1 aliphatic carbocycles. The molecule has 3 rings (SSSR count). The first-order chi connectivity index (χ1) is 14.7. The highest BCUT2D eigenvalue weighted by Gasteiger charge is 2.37. The van der Waals surface area contributed by atoms with Crippen LogP contribution in [0.2, 0.25) is 0 Å². The van der Waals surface area contributed by atoms with Crippen LogP contribution in [0.25, 0.3) is 0 Å². The van der Waals surface area contributed by atoms with Crippen molar-refractivity contribution in [3.8, 4) is 5.75 Å². The number of hydrogen-bond acceptors (Lipinski definition) is 5. The fourth-order valence-electron chi connectivity index (χ4n) is 3.92. The maximum atomic E-state index is 13.1. The first-order valence-corrected chi connectivity index (χ1v) is 10.8. The molecular formula is C23H33N3O5. The lowest BCUT2D eigenvalue weighted by Crippen LogP contribution is -2.49. The molecule has 8 heteroatoms. The number of benzene rings is 1. The number of likely N-dealkylation sites (N-methyl/N-ethyl adjacent to an activating group) is 1. The molecule has 3 atom stereocenters. The number of nitrogens with zero attached hydrogens (tertiary/aromatic N) is 2. The molecule has 0 bridgehead atoms. The first kappa shape index (κ1) is 23.1. The molecule has 31 heavy (non-hydrogen) atoms. The third-order valence-electron chi connectivity index (χ3n) is 5.98. The molecule has 1 saturated carbocycles. The minimum atomic E-state index is -0.210. The quantitative estimate of drug-likeness (QED) is 0.794. The summed E-state index contributed by atoms with van der Waals surface area (Å²) in [6.07, 6.45) is 1.66. The normalized spacial score (nSPS) is 25.1. The van der Waals surface area contributed by atoms with Gasteiger partial charge in [-0.25, -0.2) is 0 Å². The average molecular weight is 432 g/mol. The average Bonchev–Trinajstić information content (AvgIpc) is 3.57. The van der Waals surface area contributed by atoms with E-state index in [9.17, 15) is 14.4 Å². The molecule has 1 aromatic carbocycles. The highest BCUT2D eigenvalue weighted by atomic mass is 16.5. The summed E-state index contributed by atoms with van der Waals surface area (Å²) in [7, 11) is 3.37. The molecule has 3 amide bonds. The smallest absolute Gasteiger partial charge is 0.257 e. The lowest BCUT2D eigenvalue weighted by Gasteiger charge is -2.36. The van der Waals surface area contributed by atoms with Crippen LogP contribution < -0.4 is 10.1 Å². The van der Waals surface area contributed by atoms with Crippen molar-refractivity contribution in [1.29, 1.82) is 0 Å². The minimum absolute atomic E-state index is 0.0476. The Bertz CT molecular complexity index is 839. The van der Waals surface area contributed by atoms with Gasteiger partial charge in [0, 0.05) is 57.8 Å². The van der Waals surface area contributed by atoms with E-state index in [1.54, 1.807) is 37.3 Å². The van der Waals surface area contributed by atoms with Crippen molar-refractivity contribution in [3.63, 3.8) is 0 Å². The fraction of sp³-hybridized carbons (Fsp3) is 0.609. The summed E-state index contributed by atoms with van der Waals surface area (Å²) in [5.74, 6) is 0.307. The van der Waals surface area contributed by atoms with E-state index in [1.165, 1.54) is 6.92 Å². The lowest BCUT2D eigenvalue weighted by atomic mass is 10.0. The van der Waals surface area contributed by atoms with Crippen LogP contribution >= 0.6 is 0 Å². The predicted molar refractivity (Wildman–Crippen MR) is 117 cm³/mol. The van der Waals surface area contributed by atoms with Gasteiger partial charge in [-0.05, 0) is 31.9 Å². The molecule has 0 unspecified atom stereocenters. The van der Waals surface area contributed by atoms with Crippen molar-refractivity contribution in [2.24, 2.45) is 11.8 Å². The van der Waals surface area contributed by atoms with Crippen molar-refractivity contribution in [3.05, 3.63) is 23.8 Å². The van der Waals surface area contributed by atoms with Crippen LogP contribution in [0, 0.1) is 11.8 Å². The van der Waals surface area contributed by atoms with Gasteiger partial charge in [0.25, 0.3) is 5.91 Å². The van der Waals surface area contributed by atoms with Crippen LogP contribution in [0.4, 0.5) is 5.69 Å². The minimum Gasteiger partial charge on any atom is -0.491 e. The molecule has 1 heterocycles. The van der Waals surface area contributed by atoms with Gasteiger partial charge < -0.3 is 24.6 Å². The molecule has 1 fully saturated rings. The van der Waals surface area contributed by atoms with Crippen molar-refractivity contribution in [1.82, 2.24) is 9.80 Å². The summed E-state index contributed by atoms with van der Waals surface area (Å²) in [4.78, 5) is 41.1. The summed E-state index contributed by atoms with van der Waals surface area (Å²) in [6, 6.07) is 4.83. The predicted octanol–water partition coefficient (Wildman–Crippen LogP) is 2.39. The Kier molecular flexibility index (Phi) is 7.20. The Morgan fingerprint density at radius 1 is 1.19 bits per heavy atom. The maximum absolute atomic E-state index is 13.1. The summed E-state index contributed by atoms with van der Waals surface area (Å²) in [5.41, 5.74) is 0.961. The van der Waals surface area contributed by atoms with Crippen molar-refractivity contribution < 1.29 is 23.9 Å². The standard InChI is InChI=1S/C23H33N3O5/c1-14-11-26(22(28)17-6-7-17)15(2)13-31-20-10-18(24-16(3)27)8-9-19(20)23(29)25(4)12-21(14)30-5/h8-10,14-15,17,21H,6-7,11-13H2,1-5H3,(H,24,27)/t14-,15-,21-/m1/s1. The second-order valence-electron chi connectivity index (χ2n) is 8.75. The molecule has 0 radical (unpaired) electrons. The third kappa shape index (κ3) is 5.55. The Hall–Kier alpha value is -2.61. The molecule has 0 spiro atoms. The number of methoxy groups -OCH3 is 1. The number of hydrogen-bond donors (Lipinski definition) is 1. The summed E-state index contributed by atoms with van der Waals surface area (Å²) in [5, 5.41) is 2.72. The van der Waals surface area contributed by atoms with Crippen molar-refractivity contribution >= 4 is 23.4 Å². The van der Waals surface area contributed by atoms with Crippen molar-refractivity contribution in [2.75, 3.05) is 39.2 Å². The van der Waals surface area contributed by atoms with E-state index < -0.39 is 0 Å². The Morgan fingerprint density at radius 2 is 1.90 bits per heavy atom. The second-order valence-corrected chi connectivity index (χ2v) is 8.75. The first-order valence-electron chi connectivity index (χ1n) is 10.8. The molecule has 8 nitrogen and oxygen atoms in total. The number of fused-ring (bicyclic) bond motifs is 1. The van der Waals surface area contributed by atoms with Gasteiger partial charge in [0.2, 0.25) is 11.8 Å². The Balaban J connectivity index is 1.95. The monoisotopic (exact) mass is 431 g/mol. The van der Waals surface area contributed by atoms with Gasteiger partial charge in [-0.3, -0.25) is 14.4 Å². The lowest BCUT2D eigenvalue weighted by molar-refractivity contribution is -0.136. The van der Waals surface area contributed by atoms with Crippen LogP contribution in [0.5, 0.6) is 5.75 Å². The number of ether oxygens (including phenoxy) is 2. The van der Waals surface area contributed by atoms with Crippen LogP contribution in [0.15, 0.2) is 18.2 Å². The number of carbonyl (C=O) groups excluding carboxylic acids is 3. The van der Waals surface area contributed by atoms with Gasteiger partial charge in [0.05, 0.1) is 17.7 Å². The van der Waals surface area contributed by atoms with Gasteiger partial charge in [0.1, 0.15) is 12.4 Å². The maximum Gasteiger partial charge on any atom is 0.257 e. The van der Waals surface area contributed by atoms with Gasteiger partial charge in [0.15, 0.2) is 0 Å². The molecule has 1 aromatic rings. The van der Waals surface area contributed by atoms with Crippen LogP contribution in [0.3, 0.4) is 0 Å². The number of anilines is 1. The van der Waals surface area contributed by atoms with Gasteiger partial charge in [-0.2, -0.15) is 0 Å². The number of amides is 3. The molecule has 1 N–H and O–H groups in total. The molecule has 0 saturated heterocycles. The zero-order valence-corrected chi connectivity index (χ0v) is 19.0. The topological polar surface area (TPSA) is 88.2 Å². The van der Waals surface area contributed by atoms with E-state index in [4.69, 9.17) is 9.47 Å². The highest BCUT2D eigenvalue weighted by Crippen LogP contribution is 2.33. The molecular weight excluding hydrogens is 398 g/mol. The largest absolute Gasteiger partial charge is 0.491 e. The molecule has 2 aliphatic rings. The summed E-state index contributed by atoms with van der Waals surface area (Å²) >= 11 is 0. The van der Waals surface area contributed by atoms with E-state index in [0.29, 0.717) is 30.1 Å². The van der Waals surface area contributed by atoms with E-state index in [-0.39, 0.29) is 48.3 Å². The molecule has 1 aliphatic heterocycles. The third-order valence-corrected chi connectivity index (χ3v) is 5.98. The van der Waals surface area contributed by atoms with Crippen LogP contribution in [-0.2, 0) is 14.3 Å². The van der Waals surface area contributed by atoms with Crippen LogP contribution in [0.1, 0.15) is 44.0 Å². The number of rotatable bonds is 3. The second kappa shape index (κ2) is 9.68. The SMILES string of the molecule is CO[C@@H]1CN(C)C(=O)c2ccc(NC(C)=O)cc2OC[C@@H](C)N(C(=O)C2CC2)C[C@H]1C. The summed E-state index contributed by atoms with van der Waals surface area (Å²) in [6.45, 7) is 6.62. The van der Waals surface area contributed by atoms with Crippen LogP contribution in [-0.4, -0.2) is 73.5 Å². The van der Waals surface area contributed by atoms with Gasteiger partial charge in [-0.1, -0.05) is 6.92 Å². The van der Waals surface area contributed by atoms with E-state index in [1.807, 2.05) is 18.7 Å². The zero-order valence-electron chi connectivity index (χ0n) is 19.0. The Labute approximate surface area is 183 Å². The fourth-order valence-corrected chi connectivity index (χ4v) is 3.92. The molecule has 0 aromatic heterocycles. The molecule has 170 valence electrons. The van der Waals surface area contributed by atoms with Gasteiger partial charge in [-0.15, -0.1) is 0 Å². The number of nitrogens with one attached hydrogen (secondary N) is 1. The highest BCUT2D eigenvalue weighted by molar-refractivity contribution is 5.98. The van der Waals surface area contributed by atoms with E-state index in [2.05, 4.69) is 5.32 Å². The van der Waals surface area contributed by atoms with Gasteiger partial charge >= 0.3 is 0 Å². The van der Waals surface area contributed by atoms with E-state index >= 15 is 0 Å².